The van der Waals surface area contributed by atoms with E-state index in [2.05, 4.69) is 43.5 Å². The van der Waals surface area contributed by atoms with E-state index in [1.54, 1.807) is 31.1 Å². The third-order valence-corrected chi connectivity index (χ3v) is 8.13. The van der Waals surface area contributed by atoms with Gasteiger partial charge in [0.25, 0.3) is 0 Å². The van der Waals surface area contributed by atoms with E-state index in [1.807, 2.05) is 17.6 Å². The van der Waals surface area contributed by atoms with Gasteiger partial charge in [0.05, 0.1) is 40.4 Å². The van der Waals surface area contributed by atoms with Crippen molar-refractivity contribution in [3.05, 3.63) is 35.9 Å². The zero-order valence-corrected chi connectivity index (χ0v) is 19.8. The molecule has 0 unspecified atom stereocenters. The molecule has 4 heterocycles. The lowest BCUT2D eigenvalue weighted by atomic mass is 9.89. The van der Waals surface area contributed by atoms with Crippen LogP contribution in [0.15, 0.2) is 40.9 Å². The van der Waals surface area contributed by atoms with Crippen molar-refractivity contribution in [3.8, 4) is 17.3 Å². The van der Waals surface area contributed by atoms with Crippen LogP contribution >= 0.6 is 11.3 Å². The number of nitrogens with one attached hydrogen (secondary N) is 2. The first kappa shape index (κ1) is 22.8. The maximum Gasteiger partial charge on any atom is 0.229 e. The lowest BCUT2D eigenvalue weighted by molar-refractivity contribution is 0.0719. The molecule has 0 bridgehead atoms. The highest BCUT2D eigenvalue weighted by Gasteiger charge is 2.49. The number of hydrogen-bond acceptors (Lipinski definition) is 10. The van der Waals surface area contributed by atoms with Crippen LogP contribution in [0.25, 0.3) is 21.5 Å². The van der Waals surface area contributed by atoms with Gasteiger partial charge in [-0.3, -0.25) is 4.68 Å². The minimum Gasteiger partial charge on any atom is -0.391 e. The van der Waals surface area contributed by atoms with Gasteiger partial charge in [0.15, 0.2) is 0 Å². The monoisotopic (exact) mass is 485 g/mol. The van der Waals surface area contributed by atoms with Crippen LogP contribution in [0.1, 0.15) is 13.3 Å². The van der Waals surface area contributed by atoms with Crippen molar-refractivity contribution in [2.24, 2.45) is 4.99 Å². The number of thiophene rings is 1. The zero-order valence-electron chi connectivity index (χ0n) is 18.2. The molecule has 11 nitrogen and oxygen atoms in total. The van der Waals surface area contributed by atoms with E-state index in [0.29, 0.717) is 17.5 Å². The molecule has 4 rings (SSSR count). The molecular formula is C20H23N9O2S2. The maximum atomic E-state index is 12.2. The summed E-state index contributed by atoms with van der Waals surface area (Å²) in [5.74, 6) is 0.845. The molecule has 2 N–H and O–H groups in total. The van der Waals surface area contributed by atoms with Crippen LogP contribution in [-0.2, 0) is 15.6 Å². The lowest BCUT2D eigenvalue weighted by Crippen LogP contribution is -2.64. The van der Waals surface area contributed by atoms with Crippen molar-refractivity contribution in [3.63, 3.8) is 0 Å². The van der Waals surface area contributed by atoms with Crippen molar-refractivity contribution in [1.29, 1.82) is 5.26 Å². The Kier molecular flexibility index (Phi) is 6.15. The largest absolute Gasteiger partial charge is 0.391 e. The number of nitrogens with zero attached hydrogens (tertiary/aromatic N) is 7. The van der Waals surface area contributed by atoms with Crippen molar-refractivity contribution >= 4 is 44.2 Å². The number of sulfonamides is 1. The molecule has 0 amide bonds. The molecule has 3 aromatic rings. The van der Waals surface area contributed by atoms with E-state index < -0.39 is 15.6 Å². The Balaban J connectivity index is 1.70. The highest BCUT2D eigenvalue weighted by molar-refractivity contribution is 7.89. The van der Waals surface area contributed by atoms with Gasteiger partial charge >= 0.3 is 0 Å². The summed E-state index contributed by atoms with van der Waals surface area (Å²) in [7, 11) is -1.57. The third-order valence-electron chi connectivity index (χ3n) is 5.44. The number of aromatic nitrogens is 4. The van der Waals surface area contributed by atoms with Gasteiger partial charge in [-0.05, 0) is 25.1 Å². The predicted molar refractivity (Wildman–Crippen MR) is 128 cm³/mol. The molecule has 1 aliphatic heterocycles. The van der Waals surface area contributed by atoms with Crippen molar-refractivity contribution in [2.45, 2.75) is 18.9 Å². The first-order valence-electron chi connectivity index (χ1n) is 10.1. The normalized spacial score (nSPS) is 16.2. The Bertz CT molecular complexity index is 1360. The fourth-order valence-corrected chi connectivity index (χ4v) is 5.75. The summed E-state index contributed by atoms with van der Waals surface area (Å²) in [4.78, 5) is 13.1. The smallest absolute Gasteiger partial charge is 0.229 e. The van der Waals surface area contributed by atoms with Gasteiger partial charge < -0.3 is 10.6 Å². The maximum absolute atomic E-state index is 12.2. The van der Waals surface area contributed by atoms with Gasteiger partial charge in [-0.15, -0.1) is 11.3 Å². The summed E-state index contributed by atoms with van der Waals surface area (Å²) in [6.45, 7) is 5.58. The van der Waals surface area contributed by atoms with Gasteiger partial charge in [0, 0.05) is 38.1 Å². The van der Waals surface area contributed by atoms with Gasteiger partial charge in [-0.25, -0.2) is 23.4 Å². The number of fused-ring (bicyclic) bond motifs is 1. The van der Waals surface area contributed by atoms with E-state index in [1.165, 1.54) is 15.6 Å². The zero-order chi connectivity index (χ0) is 23.6. The molecule has 0 atom stereocenters. The van der Waals surface area contributed by atoms with Gasteiger partial charge in [-0.1, -0.05) is 0 Å². The fourth-order valence-electron chi connectivity index (χ4n) is 3.67. The highest BCUT2D eigenvalue weighted by atomic mass is 32.2. The van der Waals surface area contributed by atoms with Crippen LogP contribution < -0.4 is 10.6 Å². The molecule has 3 aromatic heterocycles. The highest BCUT2D eigenvalue weighted by Crippen LogP contribution is 2.37. The fraction of sp³-hybridized carbons (Fsp3) is 0.350. The molecule has 0 aromatic carbocycles. The van der Waals surface area contributed by atoms with Crippen LogP contribution in [0, 0.1) is 11.3 Å². The molecule has 0 radical (unpaired) electrons. The van der Waals surface area contributed by atoms with Gasteiger partial charge in [-0.2, -0.15) is 14.7 Å². The molecule has 13 heteroatoms. The summed E-state index contributed by atoms with van der Waals surface area (Å²) in [6, 6.07) is 4.08. The Morgan fingerprint density at radius 1 is 1.45 bits per heavy atom. The molecule has 0 saturated carbocycles. The van der Waals surface area contributed by atoms with E-state index in [-0.39, 0.29) is 25.3 Å². The first-order chi connectivity index (χ1) is 15.9. The number of anilines is 1. The second-order valence-corrected chi connectivity index (χ2v) is 10.7. The predicted octanol–water partition coefficient (Wildman–Crippen LogP) is 1.96. The second kappa shape index (κ2) is 8.89. The summed E-state index contributed by atoms with van der Waals surface area (Å²) >= 11 is 1.51. The second-order valence-electron chi connectivity index (χ2n) is 7.53. The van der Waals surface area contributed by atoms with Gasteiger partial charge in [0.1, 0.15) is 11.4 Å². The Hall–Kier alpha value is -3.34. The average molecular weight is 486 g/mol. The van der Waals surface area contributed by atoms with Crippen LogP contribution in [0.2, 0.25) is 0 Å². The standard InChI is InChI=1S/C20H23N9O2S2/c1-4-33(30,31)28-12-20(13-28,6-7-21)29-11-14(9-24-29)17-18-15(5-8-32-18)25-19(27-17)26-16(23-3)10-22-2/h5,8-11,22H,3-4,6,12-13H2,1-2H3,(H,25,26,27)/b16-10+. The van der Waals surface area contributed by atoms with Crippen LogP contribution in [0.5, 0.6) is 0 Å². The lowest BCUT2D eigenvalue weighted by Gasteiger charge is -2.47. The quantitative estimate of drug-likeness (QED) is 0.438. The summed E-state index contributed by atoms with van der Waals surface area (Å²) < 4.78 is 28.4. The minimum absolute atomic E-state index is 0.0244. The van der Waals surface area contributed by atoms with Crippen molar-refractivity contribution in [2.75, 3.05) is 31.2 Å². The average Bonchev–Trinajstić information content (AvgIpc) is 3.45. The molecule has 1 aliphatic rings. The number of nitriles is 1. The van der Waals surface area contributed by atoms with Crippen LogP contribution in [-0.4, -0.2) is 65.1 Å². The number of rotatable bonds is 9. The molecule has 33 heavy (non-hydrogen) atoms. The number of hydrogen-bond donors (Lipinski definition) is 2. The van der Waals surface area contributed by atoms with Crippen molar-refractivity contribution in [1.82, 2.24) is 29.4 Å². The topological polar surface area (TPSA) is 141 Å². The van der Waals surface area contributed by atoms with E-state index in [9.17, 15) is 13.7 Å². The number of aliphatic imine (C=N–C) groups is 1. The molecule has 1 fully saturated rings. The van der Waals surface area contributed by atoms with E-state index >= 15 is 0 Å². The van der Waals surface area contributed by atoms with Crippen LogP contribution in [0.3, 0.4) is 0 Å². The SMILES string of the molecule is C=N/C(=C\NC)Nc1nc(-c2cnn(C3(CC#N)CN(S(=O)(=O)CC)C3)c2)c2sccc2n1. The van der Waals surface area contributed by atoms with E-state index in [4.69, 9.17) is 0 Å². The summed E-state index contributed by atoms with van der Waals surface area (Å²) in [5.41, 5.74) is 1.49. The molecule has 172 valence electrons. The summed E-state index contributed by atoms with van der Waals surface area (Å²) in [6.07, 6.45) is 5.29. The third kappa shape index (κ3) is 4.20. The van der Waals surface area contributed by atoms with Crippen LogP contribution in [0.4, 0.5) is 5.95 Å². The van der Waals surface area contributed by atoms with Crippen molar-refractivity contribution < 1.29 is 8.42 Å². The molecule has 1 saturated heterocycles. The minimum atomic E-state index is -3.32. The first-order valence-corrected chi connectivity index (χ1v) is 12.6. The van der Waals surface area contributed by atoms with E-state index in [0.717, 1.165) is 15.8 Å². The Morgan fingerprint density at radius 3 is 2.91 bits per heavy atom. The summed E-state index contributed by atoms with van der Waals surface area (Å²) in [5, 5.41) is 21.7. The Morgan fingerprint density at radius 2 is 2.24 bits per heavy atom. The van der Waals surface area contributed by atoms with Gasteiger partial charge in [0.2, 0.25) is 16.0 Å². The molecule has 0 spiro atoms. The molecular weight excluding hydrogens is 462 g/mol. The molecule has 0 aliphatic carbocycles. The Labute approximate surface area is 195 Å².